The SMILES string of the molecule is CC(C)CCO.CC(C)CO.CC(C)OC(C)(C)C.COC(=O)C(C)(C)OC(C)C.COC(C)CO.Cc1ccc(C)n1C(C)C.OC1CCCC1.OC1CCOC1.OCC1CCCO1. The van der Waals surface area contributed by atoms with Crippen molar-refractivity contribution < 1.29 is 63.9 Å². The van der Waals surface area contributed by atoms with Crippen molar-refractivity contribution in [2.45, 2.75) is 230 Å². The van der Waals surface area contributed by atoms with Gasteiger partial charge in [0.05, 0.1) is 69.2 Å². The molecule has 14 nitrogen and oxygen atoms in total. The Balaban J connectivity index is -0.000000210. The van der Waals surface area contributed by atoms with E-state index >= 15 is 0 Å². The number of esters is 1. The van der Waals surface area contributed by atoms with E-state index in [4.69, 9.17) is 49.6 Å². The third-order valence-electron chi connectivity index (χ3n) is 8.83. The topological polar surface area (TPSA) is 199 Å². The zero-order valence-electron chi connectivity index (χ0n) is 45.4. The second-order valence-corrected chi connectivity index (χ2v) is 19.5. The fraction of sp³-hybridized carbons (Fsp3) is 0.902. The van der Waals surface area contributed by atoms with Crippen LogP contribution in [0.2, 0.25) is 0 Å². The third kappa shape index (κ3) is 53.1. The van der Waals surface area contributed by atoms with Crippen molar-refractivity contribution >= 4 is 5.97 Å². The Bertz CT molecular complexity index is 1090. The van der Waals surface area contributed by atoms with Crippen molar-refractivity contribution in [2.24, 2.45) is 11.8 Å². The lowest BCUT2D eigenvalue weighted by molar-refractivity contribution is -0.169. The Kier molecular flexibility index (Phi) is 49.8. The fourth-order valence-electron chi connectivity index (χ4n) is 5.63. The van der Waals surface area contributed by atoms with Gasteiger partial charge in [0.25, 0.3) is 0 Å². The molecule has 0 aromatic carbocycles. The molecule has 0 amide bonds. The van der Waals surface area contributed by atoms with Crippen molar-refractivity contribution in [1.29, 1.82) is 0 Å². The third-order valence-corrected chi connectivity index (χ3v) is 8.83. The zero-order chi connectivity index (χ0) is 51.8. The summed E-state index contributed by atoms with van der Waals surface area (Å²) in [5.74, 6) is 0.746. The van der Waals surface area contributed by atoms with E-state index in [1.54, 1.807) is 27.9 Å². The smallest absolute Gasteiger partial charge is 0.337 e. The van der Waals surface area contributed by atoms with Crippen molar-refractivity contribution in [1.82, 2.24) is 4.57 Å². The van der Waals surface area contributed by atoms with Crippen LogP contribution in [0, 0.1) is 25.7 Å². The number of methoxy groups -OCH3 is 2. The lowest BCUT2D eigenvalue weighted by atomic mass is 10.1. The molecule has 2 aliphatic heterocycles. The van der Waals surface area contributed by atoms with Gasteiger partial charge >= 0.3 is 5.97 Å². The van der Waals surface area contributed by atoms with Gasteiger partial charge in [0.15, 0.2) is 5.60 Å². The maximum atomic E-state index is 11.0. The highest BCUT2D eigenvalue weighted by atomic mass is 16.6. The van der Waals surface area contributed by atoms with Gasteiger partial charge < -0.3 is 63.6 Å². The number of rotatable bonds is 11. The van der Waals surface area contributed by atoms with Gasteiger partial charge in [-0.3, -0.25) is 0 Å². The number of aryl methyl sites for hydroxylation is 2. The summed E-state index contributed by atoms with van der Waals surface area (Å²) in [7, 11) is 2.93. The van der Waals surface area contributed by atoms with Gasteiger partial charge in [0.1, 0.15) is 0 Å². The first-order valence-corrected chi connectivity index (χ1v) is 24.1. The molecule has 1 aliphatic carbocycles. The number of hydrogen-bond acceptors (Lipinski definition) is 13. The van der Waals surface area contributed by atoms with Crippen molar-refractivity contribution in [3.05, 3.63) is 23.5 Å². The molecule has 14 heteroatoms. The van der Waals surface area contributed by atoms with Crippen LogP contribution >= 0.6 is 0 Å². The largest absolute Gasteiger partial charge is 0.467 e. The monoisotopic (exact) mass is 942 g/mol. The number of carbonyl (C=O) groups excluding carboxylic acids is 1. The Hall–Kier alpha value is -1.69. The van der Waals surface area contributed by atoms with Gasteiger partial charge in [-0.05, 0) is 159 Å². The summed E-state index contributed by atoms with van der Waals surface area (Å²) >= 11 is 0. The Morgan fingerprint density at radius 3 is 1.34 bits per heavy atom. The zero-order valence-corrected chi connectivity index (χ0v) is 45.4. The minimum atomic E-state index is -0.830. The van der Waals surface area contributed by atoms with Gasteiger partial charge in [-0.25, -0.2) is 4.79 Å². The molecular weight excluding hydrogens is 835 g/mol. The first-order valence-electron chi connectivity index (χ1n) is 24.1. The molecule has 394 valence electrons. The van der Waals surface area contributed by atoms with E-state index in [1.165, 1.54) is 31.3 Å². The highest BCUT2D eigenvalue weighted by molar-refractivity contribution is 5.78. The van der Waals surface area contributed by atoms with Crippen LogP contribution in [0.5, 0.6) is 0 Å². The number of aromatic nitrogens is 1. The van der Waals surface area contributed by atoms with Gasteiger partial charge in [-0.2, -0.15) is 0 Å². The van der Waals surface area contributed by atoms with Crippen LogP contribution in [0.25, 0.3) is 0 Å². The molecule has 3 aliphatic rings. The maximum absolute atomic E-state index is 11.0. The standard InChI is InChI=1S/C9H15N.C8H16O3.C7H16O.C5H10O2.C5H10O.C5H12O.C4H8O2.C4H10O2.C4H10O/c1-7(2)10-8(3)5-6-9(10)4;1-6(2)11-8(3,4)7(9)10-5;1-6(2)8-7(3,4)5;6-4-5-2-1-3-7-5;6-5-3-1-2-4-5;1-5(2)3-4-6;5-4-1-2-6-3-4;1-4(3-5)6-2;1-4(2)3-5/h5-7H,1-4H3;6H,1-5H3;6H,1-5H3;5-6H,1-4H2;5-6H,1-4H2;5-6H,3-4H2,1-2H3;4-5H,1-3H2;4-5H,3H2,1-2H3;4-5H,3H2,1-2H3. The first-order chi connectivity index (χ1) is 30.0. The first kappa shape index (κ1) is 72.3. The van der Waals surface area contributed by atoms with Crippen LogP contribution in [0.4, 0.5) is 0 Å². The van der Waals surface area contributed by atoms with Crippen molar-refractivity contribution in [3.8, 4) is 0 Å². The Morgan fingerprint density at radius 2 is 1.20 bits per heavy atom. The molecule has 3 heterocycles. The molecule has 65 heavy (non-hydrogen) atoms. The molecule has 3 atom stereocenters. The van der Waals surface area contributed by atoms with Gasteiger partial charge in [0.2, 0.25) is 0 Å². The van der Waals surface area contributed by atoms with Crippen molar-refractivity contribution in [3.63, 3.8) is 0 Å². The second kappa shape index (κ2) is 44.8. The molecule has 0 bridgehead atoms. The molecule has 3 unspecified atom stereocenters. The predicted octanol–water partition coefficient (Wildman–Crippen LogP) is 8.78. The number of ether oxygens (including phenoxy) is 6. The molecule has 1 aromatic rings. The van der Waals surface area contributed by atoms with E-state index in [2.05, 4.69) is 88.5 Å². The Morgan fingerprint density at radius 1 is 0.708 bits per heavy atom. The minimum absolute atomic E-state index is 0.00926. The maximum Gasteiger partial charge on any atom is 0.337 e. The van der Waals surface area contributed by atoms with Crippen molar-refractivity contribution in [2.75, 3.05) is 60.5 Å². The van der Waals surface area contributed by atoms with E-state index in [9.17, 15) is 4.79 Å². The van der Waals surface area contributed by atoms with E-state index in [0.717, 1.165) is 51.7 Å². The van der Waals surface area contributed by atoms with E-state index < -0.39 is 5.60 Å². The van der Waals surface area contributed by atoms with Crippen LogP contribution in [-0.4, -0.2) is 149 Å². The number of aliphatic hydroxyl groups is 6. The summed E-state index contributed by atoms with van der Waals surface area (Å²) < 4.78 is 32.1. The average molecular weight is 942 g/mol. The summed E-state index contributed by atoms with van der Waals surface area (Å²) in [5.41, 5.74) is 1.90. The summed E-state index contributed by atoms with van der Waals surface area (Å²) in [6.07, 6.45) is 8.85. The van der Waals surface area contributed by atoms with Crippen LogP contribution in [0.3, 0.4) is 0 Å². The van der Waals surface area contributed by atoms with Crippen LogP contribution in [0.1, 0.15) is 180 Å². The van der Waals surface area contributed by atoms with E-state index in [-0.39, 0.29) is 55.3 Å². The van der Waals surface area contributed by atoms with Gasteiger partial charge in [0, 0.05) is 51.0 Å². The number of hydrogen-bond donors (Lipinski definition) is 6. The van der Waals surface area contributed by atoms with Crippen LogP contribution in [-0.2, 0) is 33.2 Å². The molecular formula is C51H107NO13. The molecule has 1 aromatic heterocycles. The highest BCUT2D eigenvalue weighted by Gasteiger charge is 2.30. The van der Waals surface area contributed by atoms with E-state index in [1.807, 2.05) is 41.5 Å². The number of carbonyl (C=O) groups is 1. The van der Waals surface area contributed by atoms with Crippen LogP contribution in [0.15, 0.2) is 12.1 Å². The number of nitrogens with zero attached hydrogens (tertiary/aromatic N) is 1. The summed E-state index contributed by atoms with van der Waals surface area (Å²) in [4.78, 5) is 11.0. The summed E-state index contributed by atoms with van der Waals surface area (Å²) in [6.45, 7) is 39.1. The number of aliphatic hydroxyl groups excluding tert-OH is 6. The summed E-state index contributed by atoms with van der Waals surface area (Å²) in [6, 6.07) is 4.92. The molecule has 6 N–H and O–H groups in total. The predicted molar refractivity (Wildman–Crippen MR) is 267 cm³/mol. The lowest BCUT2D eigenvalue weighted by Crippen LogP contribution is -2.38. The second-order valence-electron chi connectivity index (χ2n) is 19.5. The quantitative estimate of drug-likeness (QED) is 0.115. The molecule has 4 rings (SSSR count). The molecule has 0 radical (unpaired) electrons. The summed E-state index contributed by atoms with van der Waals surface area (Å²) in [5, 5.41) is 50.4. The highest BCUT2D eigenvalue weighted by Crippen LogP contribution is 2.17. The van der Waals surface area contributed by atoms with E-state index in [0.29, 0.717) is 43.8 Å². The van der Waals surface area contributed by atoms with Gasteiger partial charge in [-0.15, -0.1) is 0 Å². The average Bonchev–Trinajstić information content (AvgIpc) is 4.05. The Labute approximate surface area is 399 Å². The van der Waals surface area contributed by atoms with Gasteiger partial charge in [-0.1, -0.05) is 40.5 Å². The minimum Gasteiger partial charge on any atom is -0.467 e. The molecule has 2 saturated heterocycles. The molecule has 0 spiro atoms. The molecule has 3 fully saturated rings. The normalized spacial score (nSPS) is 17.2. The molecule has 1 saturated carbocycles. The lowest BCUT2D eigenvalue weighted by Gasteiger charge is -2.24. The van der Waals surface area contributed by atoms with Crippen LogP contribution < -0.4 is 0 Å². The fourth-order valence-corrected chi connectivity index (χ4v) is 5.63.